The number of nitrogens with one attached hydrogen (secondary N) is 1. The summed E-state index contributed by atoms with van der Waals surface area (Å²) in [6.07, 6.45) is -0.131. The minimum Gasteiger partial charge on any atom is -0.468 e. The number of benzene rings is 1. The lowest BCUT2D eigenvalue weighted by molar-refractivity contribution is -0.141. The van der Waals surface area contributed by atoms with Gasteiger partial charge in [0.1, 0.15) is 6.54 Å². The summed E-state index contributed by atoms with van der Waals surface area (Å²) >= 11 is 0. The van der Waals surface area contributed by atoms with Gasteiger partial charge in [0.2, 0.25) is 5.91 Å². The summed E-state index contributed by atoms with van der Waals surface area (Å²) in [7, 11) is 1.20. The molecule has 0 aliphatic heterocycles. The molecule has 1 N–H and O–H groups in total. The van der Waals surface area contributed by atoms with Gasteiger partial charge in [-0.3, -0.25) is 9.59 Å². The largest absolute Gasteiger partial charge is 0.468 e. The highest BCUT2D eigenvalue weighted by Crippen LogP contribution is 2.08. The van der Waals surface area contributed by atoms with Crippen molar-refractivity contribution in [2.75, 3.05) is 13.7 Å². The number of rotatable bonds is 4. The Morgan fingerprint density at radius 2 is 2.00 bits per heavy atom. The smallest absolute Gasteiger partial charge is 0.325 e. The van der Waals surface area contributed by atoms with Crippen LogP contribution in [0.15, 0.2) is 18.2 Å². The van der Waals surface area contributed by atoms with Crippen molar-refractivity contribution in [2.45, 2.75) is 6.42 Å². The fraction of sp³-hybridized carbons (Fsp3) is 0.273. The first-order valence-corrected chi connectivity index (χ1v) is 4.80. The average molecular weight is 243 g/mol. The second-order valence-corrected chi connectivity index (χ2v) is 3.28. The highest BCUT2D eigenvalue weighted by atomic mass is 19.2. The molecule has 0 unspecified atom stereocenters. The maximum atomic E-state index is 12.8. The maximum absolute atomic E-state index is 12.8. The SMILES string of the molecule is COC(=O)CNC(=O)Cc1ccc(F)c(F)c1. The Bertz CT molecular complexity index is 435. The van der Waals surface area contributed by atoms with Crippen molar-refractivity contribution < 1.29 is 23.1 Å². The summed E-state index contributed by atoms with van der Waals surface area (Å²) in [6, 6.07) is 3.18. The number of esters is 1. The van der Waals surface area contributed by atoms with Gasteiger partial charge in [-0.05, 0) is 17.7 Å². The highest BCUT2D eigenvalue weighted by molar-refractivity contribution is 5.83. The van der Waals surface area contributed by atoms with Crippen LogP contribution >= 0.6 is 0 Å². The number of halogens is 2. The number of hydrogen-bond acceptors (Lipinski definition) is 3. The van der Waals surface area contributed by atoms with Gasteiger partial charge in [-0.15, -0.1) is 0 Å². The predicted octanol–water partition coefficient (Wildman–Crippen LogP) is 0.796. The maximum Gasteiger partial charge on any atom is 0.325 e. The second-order valence-electron chi connectivity index (χ2n) is 3.28. The molecule has 0 aromatic heterocycles. The molecular formula is C11H11F2NO3. The van der Waals surface area contributed by atoms with Crippen LogP contribution in [0.3, 0.4) is 0 Å². The highest BCUT2D eigenvalue weighted by Gasteiger charge is 2.08. The molecule has 17 heavy (non-hydrogen) atoms. The molecule has 0 saturated heterocycles. The van der Waals surface area contributed by atoms with Crippen molar-refractivity contribution in [3.63, 3.8) is 0 Å². The third-order valence-electron chi connectivity index (χ3n) is 2.01. The third-order valence-corrected chi connectivity index (χ3v) is 2.01. The Balaban J connectivity index is 2.50. The van der Waals surface area contributed by atoms with Crippen molar-refractivity contribution in [1.82, 2.24) is 5.32 Å². The fourth-order valence-corrected chi connectivity index (χ4v) is 1.14. The van der Waals surface area contributed by atoms with E-state index in [9.17, 15) is 18.4 Å². The molecule has 0 aliphatic carbocycles. The molecule has 0 atom stereocenters. The van der Waals surface area contributed by atoms with Gasteiger partial charge >= 0.3 is 5.97 Å². The van der Waals surface area contributed by atoms with Crippen LogP contribution in [0, 0.1) is 11.6 Å². The lowest BCUT2D eigenvalue weighted by atomic mass is 10.1. The average Bonchev–Trinajstić information content (AvgIpc) is 2.31. The molecule has 1 aromatic carbocycles. The van der Waals surface area contributed by atoms with Gasteiger partial charge in [0.25, 0.3) is 0 Å². The number of carbonyl (C=O) groups is 2. The number of carbonyl (C=O) groups excluding carboxylic acids is 2. The number of ether oxygens (including phenoxy) is 1. The molecule has 0 spiro atoms. The van der Waals surface area contributed by atoms with Crippen molar-refractivity contribution >= 4 is 11.9 Å². The van der Waals surface area contributed by atoms with E-state index in [1.165, 1.54) is 13.2 Å². The quantitative estimate of drug-likeness (QED) is 0.796. The first kappa shape index (κ1) is 13.1. The number of methoxy groups -OCH3 is 1. The number of amides is 1. The Labute approximate surface area is 96.6 Å². The van der Waals surface area contributed by atoms with Gasteiger partial charge < -0.3 is 10.1 Å². The van der Waals surface area contributed by atoms with E-state index in [2.05, 4.69) is 10.1 Å². The normalized spacial score (nSPS) is 9.82. The van der Waals surface area contributed by atoms with E-state index in [1.54, 1.807) is 0 Å². The summed E-state index contributed by atoms with van der Waals surface area (Å²) in [5, 5.41) is 2.29. The molecule has 0 fully saturated rings. The van der Waals surface area contributed by atoms with Gasteiger partial charge in [-0.1, -0.05) is 6.07 Å². The molecular weight excluding hydrogens is 232 g/mol. The molecule has 6 heteroatoms. The molecule has 1 rings (SSSR count). The van der Waals surface area contributed by atoms with Gasteiger partial charge in [-0.2, -0.15) is 0 Å². The van der Waals surface area contributed by atoms with E-state index >= 15 is 0 Å². The molecule has 0 bridgehead atoms. The minimum absolute atomic E-state index is 0.131. The zero-order valence-electron chi connectivity index (χ0n) is 9.13. The van der Waals surface area contributed by atoms with Crippen molar-refractivity contribution in [1.29, 1.82) is 0 Å². The van der Waals surface area contributed by atoms with Crippen LogP contribution in [0.25, 0.3) is 0 Å². The first-order valence-electron chi connectivity index (χ1n) is 4.80. The van der Waals surface area contributed by atoms with E-state index < -0.39 is 23.5 Å². The van der Waals surface area contributed by atoms with E-state index in [0.29, 0.717) is 5.56 Å². The van der Waals surface area contributed by atoms with Crippen LogP contribution in [0.2, 0.25) is 0 Å². The number of hydrogen-bond donors (Lipinski definition) is 1. The van der Waals surface area contributed by atoms with Crippen LogP contribution in [0.4, 0.5) is 8.78 Å². The van der Waals surface area contributed by atoms with Crippen LogP contribution in [0.5, 0.6) is 0 Å². The predicted molar refractivity (Wildman–Crippen MR) is 55.1 cm³/mol. The molecule has 0 saturated carbocycles. The molecule has 0 radical (unpaired) electrons. The van der Waals surface area contributed by atoms with Gasteiger partial charge in [0.15, 0.2) is 11.6 Å². The first-order chi connectivity index (χ1) is 8.02. The summed E-state index contributed by atoms with van der Waals surface area (Å²) < 4.78 is 29.7. The van der Waals surface area contributed by atoms with Gasteiger partial charge in [0, 0.05) is 0 Å². The van der Waals surface area contributed by atoms with Crippen molar-refractivity contribution in [3.8, 4) is 0 Å². The fourth-order valence-electron chi connectivity index (χ4n) is 1.14. The van der Waals surface area contributed by atoms with E-state index in [-0.39, 0.29) is 13.0 Å². The topological polar surface area (TPSA) is 55.4 Å². The van der Waals surface area contributed by atoms with Crippen LogP contribution < -0.4 is 5.32 Å². The van der Waals surface area contributed by atoms with Crippen LogP contribution in [-0.4, -0.2) is 25.5 Å². The van der Waals surface area contributed by atoms with Crippen LogP contribution in [0.1, 0.15) is 5.56 Å². The molecule has 0 aliphatic rings. The zero-order chi connectivity index (χ0) is 12.8. The summed E-state index contributed by atoms with van der Waals surface area (Å²) in [5.74, 6) is -3.03. The van der Waals surface area contributed by atoms with E-state index in [1.807, 2.05) is 0 Å². The second kappa shape index (κ2) is 5.93. The summed E-state index contributed by atoms with van der Waals surface area (Å²) in [4.78, 5) is 22.0. The standard InChI is InChI=1S/C11H11F2NO3/c1-17-11(16)6-14-10(15)5-7-2-3-8(12)9(13)4-7/h2-4H,5-6H2,1H3,(H,14,15). The molecule has 4 nitrogen and oxygen atoms in total. The van der Waals surface area contributed by atoms with Crippen molar-refractivity contribution in [3.05, 3.63) is 35.4 Å². The summed E-state index contributed by atoms with van der Waals surface area (Å²) in [6.45, 7) is -0.251. The monoisotopic (exact) mass is 243 g/mol. The Morgan fingerprint density at radius 1 is 1.29 bits per heavy atom. The van der Waals surface area contributed by atoms with E-state index in [4.69, 9.17) is 0 Å². The molecule has 92 valence electrons. The lowest BCUT2D eigenvalue weighted by Gasteiger charge is -2.04. The van der Waals surface area contributed by atoms with Crippen LogP contribution in [-0.2, 0) is 20.7 Å². The van der Waals surface area contributed by atoms with Gasteiger partial charge in [-0.25, -0.2) is 8.78 Å². The zero-order valence-corrected chi connectivity index (χ0v) is 9.13. The summed E-state index contributed by atoms with van der Waals surface area (Å²) in [5.41, 5.74) is 0.325. The van der Waals surface area contributed by atoms with Crippen molar-refractivity contribution in [2.24, 2.45) is 0 Å². The third kappa shape index (κ3) is 4.18. The molecule has 1 aromatic rings. The molecule has 1 amide bonds. The Morgan fingerprint density at radius 3 is 2.59 bits per heavy atom. The lowest BCUT2D eigenvalue weighted by Crippen LogP contribution is -2.31. The molecule has 0 heterocycles. The van der Waals surface area contributed by atoms with E-state index in [0.717, 1.165) is 12.1 Å². The van der Waals surface area contributed by atoms with Gasteiger partial charge in [0.05, 0.1) is 13.5 Å². The minimum atomic E-state index is -1.01. The Kier molecular flexibility index (Phi) is 4.56. The Hall–Kier alpha value is -1.98.